The topological polar surface area (TPSA) is 283 Å². The third-order valence-corrected chi connectivity index (χ3v) is 5.22. The molecule has 0 saturated carbocycles. The molecule has 2 aromatic rings. The lowest BCUT2D eigenvalue weighted by Crippen LogP contribution is -2.58. The maximum atomic E-state index is 13.1. The Morgan fingerprint density at radius 1 is 0.763 bits per heavy atom. The smallest absolute Gasteiger partial charge is 0.326 e. The van der Waals surface area contributed by atoms with Crippen LogP contribution in [-0.2, 0) is 41.6 Å². The first-order valence-electron chi connectivity index (χ1n) is 11.2. The minimum absolute atomic E-state index is 0.0457. The number of H-pyrrole nitrogens is 2. The monoisotopic (exact) mass is 536 g/mol. The zero-order chi connectivity index (χ0) is 28.2. The maximum Gasteiger partial charge on any atom is 0.326 e. The number of nitrogens with two attached hydrogens (primary N) is 1. The molecule has 0 fully saturated rings. The number of nitrogens with one attached hydrogen (secondary N) is 5. The minimum Gasteiger partial charge on any atom is -0.481 e. The van der Waals surface area contributed by atoms with Gasteiger partial charge in [0, 0.05) is 43.0 Å². The zero-order valence-corrected chi connectivity index (χ0v) is 19.9. The van der Waals surface area contributed by atoms with Crippen LogP contribution < -0.4 is 21.7 Å². The van der Waals surface area contributed by atoms with Gasteiger partial charge < -0.3 is 47.0 Å². The van der Waals surface area contributed by atoms with Crippen molar-refractivity contribution in [3.8, 4) is 0 Å². The molecule has 4 atom stereocenters. The average Bonchev–Trinajstić information content (AvgIpc) is 3.54. The van der Waals surface area contributed by atoms with E-state index in [9.17, 15) is 33.9 Å². The van der Waals surface area contributed by atoms with Gasteiger partial charge in [-0.05, 0) is 6.42 Å². The molecule has 0 saturated heterocycles. The van der Waals surface area contributed by atoms with Gasteiger partial charge in [0.15, 0.2) is 0 Å². The zero-order valence-electron chi connectivity index (χ0n) is 19.9. The van der Waals surface area contributed by atoms with Crippen molar-refractivity contribution in [2.45, 2.75) is 56.3 Å². The number of rotatable bonds is 16. The van der Waals surface area contributed by atoms with Crippen LogP contribution >= 0.6 is 0 Å². The molecule has 17 nitrogen and oxygen atoms in total. The van der Waals surface area contributed by atoms with Crippen LogP contribution in [-0.4, -0.2) is 95.1 Å². The predicted octanol–water partition coefficient (Wildman–Crippen LogP) is -2.88. The molecule has 2 rings (SSSR count). The van der Waals surface area contributed by atoms with E-state index in [0.29, 0.717) is 11.4 Å². The van der Waals surface area contributed by atoms with Gasteiger partial charge in [-0.3, -0.25) is 24.0 Å². The number of hydrogen-bond acceptors (Lipinski definition) is 9. The number of carbonyl (C=O) groups is 6. The van der Waals surface area contributed by atoms with E-state index in [1.165, 1.54) is 25.0 Å². The molecule has 2 aromatic heterocycles. The van der Waals surface area contributed by atoms with Crippen LogP contribution in [0.3, 0.4) is 0 Å². The van der Waals surface area contributed by atoms with E-state index in [2.05, 4.69) is 35.9 Å². The Kier molecular flexibility index (Phi) is 10.9. The second-order valence-electron chi connectivity index (χ2n) is 8.22. The molecule has 0 aliphatic rings. The summed E-state index contributed by atoms with van der Waals surface area (Å²) in [6.45, 7) is 0. The molecule has 3 amide bonds. The van der Waals surface area contributed by atoms with Crippen molar-refractivity contribution in [2.75, 3.05) is 0 Å². The van der Waals surface area contributed by atoms with Gasteiger partial charge in [-0.1, -0.05) is 0 Å². The molecular weight excluding hydrogens is 508 g/mol. The van der Waals surface area contributed by atoms with Gasteiger partial charge in [-0.15, -0.1) is 0 Å². The van der Waals surface area contributed by atoms with Crippen LogP contribution in [0.25, 0.3) is 0 Å². The molecule has 0 bridgehead atoms. The van der Waals surface area contributed by atoms with Crippen molar-refractivity contribution in [1.29, 1.82) is 0 Å². The van der Waals surface area contributed by atoms with Gasteiger partial charge in [0.2, 0.25) is 17.7 Å². The van der Waals surface area contributed by atoms with E-state index in [4.69, 9.17) is 15.9 Å². The SMILES string of the molecule is NC(Cc1cnc[nH]1)C(=O)NC(CCC(=O)O)C(=O)NC(Cc1cnc[nH]1)C(=O)NC(CC(=O)O)C(=O)O. The number of aromatic nitrogens is 4. The summed E-state index contributed by atoms with van der Waals surface area (Å²) in [6, 6.07) is -5.77. The molecule has 38 heavy (non-hydrogen) atoms. The van der Waals surface area contributed by atoms with Crippen LogP contribution in [0, 0.1) is 0 Å². The number of aliphatic carboxylic acids is 3. The van der Waals surface area contributed by atoms with E-state index in [-0.39, 0.29) is 19.3 Å². The number of carbonyl (C=O) groups excluding carboxylic acids is 3. The maximum absolute atomic E-state index is 13.1. The standard InChI is InChI=1S/C21H28N8O9/c22-12(3-10-6-23-8-25-10)18(34)27-13(1-2-16(30)31)19(35)28-14(4-11-7-24-9-26-11)20(36)29-15(21(37)38)5-17(32)33/h6-9,12-15H,1-5,22H2,(H,23,25)(H,24,26)(H,27,34)(H,28,35)(H,29,36)(H,30,31)(H,32,33)(H,37,38). The number of carboxylic acids is 3. The van der Waals surface area contributed by atoms with Gasteiger partial charge in [-0.2, -0.15) is 0 Å². The lowest BCUT2D eigenvalue weighted by molar-refractivity contribution is -0.147. The third-order valence-electron chi connectivity index (χ3n) is 5.22. The molecule has 2 heterocycles. The fourth-order valence-electron chi connectivity index (χ4n) is 3.29. The number of amides is 3. The van der Waals surface area contributed by atoms with E-state index < -0.39 is 72.6 Å². The summed E-state index contributed by atoms with van der Waals surface area (Å²) in [5.41, 5.74) is 6.80. The predicted molar refractivity (Wildman–Crippen MR) is 125 cm³/mol. The van der Waals surface area contributed by atoms with E-state index >= 15 is 0 Å². The summed E-state index contributed by atoms with van der Waals surface area (Å²) in [4.78, 5) is 85.1. The first kappa shape index (κ1) is 29.4. The first-order valence-corrected chi connectivity index (χ1v) is 11.2. The summed E-state index contributed by atoms with van der Waals surface area (Å²) >= 11 is 0. The number of carboxylic acid groups (broad SMARTS) is 3. The van der Waals surface area contributed by atoms with Gasteiger partial charge in [-0.25, -0.2) is 14.8 Å². The van der Waals surface area contributed by atoms with Crippen molar-refractivity contribution >= 4 is 35.6 Å². The third kappa shape index (κ3) is 9.69. The number of imidazole rings is 2. The molecule has 0 aliphatic carbocycles. The van der Waals surface area contributed by atoms with Gasteiger partial charge >= 0.3 is 17.9 Å². The van der Waals surface area contributed by atoms with Crippen LogP contribution in [0.15, 0.2) is 25.0 Å². The molecule has 0 aliphatic heterocycles. The van der Waals surface area contributed by atoms with Gasteiger partial charge in [0.1, 0.15) is 18.1 Å². The highest BCUT2D eigenvalue weighted by Gasteiger charge is 2.32. The Balaban J connectivity index is 2.18. The fraction of sp³-hybridized carbons (Fsp3) is 0.429. The second kappa shape index (κ2) is 14.1. The summed E-state index contributed by atoms with van der Waals surface area (Å²) in [5, 5.41) is 34.0. The first-order chi connectivity index (χ1) is 18.0. The quantitative estimate of drug-likeness (QED) is 0.105. The summed E-state index contributed by atoms with van der Waals surface area (Å²) in [7, 11) is 0. The number of nitrogens with zero attached hydrogens (tertiary/aromatic N) is 2. The van der Waals surface area contributed by atoms with Gasteiger partial charge in [0.25, 0.3) is 0 Å². The molecule has 4 unspecified atom stereocenters. The lowest BCUT2D eigenvalue weighted by Gasteiger charge is -2.24. The molecule has 0 radical (unpaired) electrons. The average molecular weight is 537 g/mol. The van der Waals surface area contributed by atoms with Crippen LogP contribution in [0.5, 0.6) is 0 Å². The summed E-state index contributed by atoms with van der Waals surface area (Å²) < 4.78 is 0. The van der Waals surface area contributed by atoms with Gasteiger partial charge in [0.05, 0.1) is 25.1 Å². The van der Waals surface area contributed by atoms with E-state index in [1.807, 2.05) is 0 Å². The van der Waals surface area contributed by atoms with Crippen LogP contribution in [0.4, 0.5) is 0 Å². The van der Waals surface area contributed by atoms with E-state index in [0.717, 1.165) is 0 Å². The largest absolute Gasteiger partial charge is 0.481 e. The molecule has 0 aromatic carbocycles. The van der Waals surface area contributed by atoms with Crippen molar-refractivity contribution in [1.82, 2.24) is 35.9 Å². The summed E-state index contributed by atoms with van der Waals surface area (Å²) in [6.07, 6.45) is 3.54. The summed E-state index contributed by atoms with van der Waals surface area (Å²) in [5.74, 6) is -7.07. The molecule has 17 heteroatoms. The highest BCUT2D eigenvalue weighted by Crippen LogP contribution is 2.06. The Morgan fingerprint density at radius 3 is 1.79 bits per heavy atom. The van der Waals surface area contributed by atoms with Crippen LogP contribution in [0.2, 0.25) is 0 Å². The van der Waals surface area contributed by atoms with Crippen molar-refractivity contribution in [3.63, 3.8) is 0 Å². The highest BCUT2D eigenvalue weighted by atomic mass is 16.4. The molecule has 10 N–H and O–H groups in total. The Hall–Kier alpha value is -4.80. The minimum atomic E-state index is -1.79. The Morgan fingerprint density at radius 2 is 1.29 bits per heavy atom. The fourth-order valence-corrected chi connectivity index (χ4v) is 3.29. The molecule has 206 valence electrons. The molecule has 0 spiro atoms. The highest BCUT2D eigenvalue weighted by molar-refractivity contribution is 5.95. The lowest BCUT2D eigenvalue weighted by atomic mass is 10.1. The van der Waals surface area contributed by atoms with E-state index in [1.54, 1.807) is 0 Å². The molecular formula is C21H28N8O9. The van der Waals surface area contributed by atoms with Crippen molar-refractivity contribution in [2.24, 2.45) is 5.73 Å². The normalized spacial score (nSPS) is 13.9. The number of hydrogen-bond donors (Lipinski definition) is 9. The Labute approximate surface area is 214 Å². The van der Waals surface area contributed by atoms with Crippen LogP contribution in [0.1, 0.15) is 30.7 Å². The van der Waals surface area contributed by atoms with Crippen molar-refractivity contribution in [3.05, 3.63) is 36.4 Å². The second-order valence-corrected chi connectivity index (χ2v) is 8.22. The van der Waals surface area contributed by atoms with Crippen molar-refractivity contribution < 1.29 is 44.1 Å². The Bertz CT molecular complexity index is 1120. The number of aromatic amines is 2.